The largest absolute Gasteiger partial charge is 0.465 e. The van der Waals surface area contributed by atoms with Gasteiger partial charge in [0.2, 0.25) is 0 Å². The standard InChI is InChI=1S/C14H11Br2FN2O2S2/c1-6-3-8(13(20)21-2)12(23-6)19-14(22)18-11-9(16)4-7(15)5-10(11)17/h3-5H,1-2H3,(H2,18,19,22). The van der Waals surface area contributed by atoms with E-state index in [0.29, 0.717) is 19.5 Å². The third kappa shape index (κ3) is 4.50. The summed E-state index contributed by atoms with van der Waals surface area (Å²) >= 11 is 13.0. The summed E-state index contributed by atoms with van der Waals surface area (Å²) in [6.07, 6.45) is 0. The zero-order valence-corrected chi connectivity index (χ0v) is 16.8. The molecule has 0 bridgehead atoms. The van der Waals surface area contributed by atoms with Crippen molar-refractivity contribution in [1.82, 2.24) is 0 Å². The third-order valence-electron chi connectivity index (χ3n) is 2.73. The molecule has 0 spiro atoms. The summed E-state index contributed by atoms with van der Waals surface area (Å²) in [4.78, 5) is 12.7. The molecule has 0 aliphatic carbocycles. The summed E-state index contributed by atoms with van der Waals surface area (Å²) in [6.45, 7) is 1.86. The second kappa shape index (κ2) is 7.69. The van der Waals surface area contributed by atoms with Crippen LogP contribution in [0.15, 0.2) is 27.1 Å². The number of ether oxygens (including phenoxy) is 1. The first-order valence-corrected chi connectivity index (χ1v) is 9.04. The van der Waals surface area contributed by atoms with E-state index in [1.807, 2.05) is 6.92 Å². The highest BCUT2D eigenvalue weighted by Crippen LogP contribution is 2.31. The number of hydrogen-bond acceptors (Lipinski definition) is 4. The monoisotopic (exact) mass is 480 g/mol. The van der Waals surface area contributed by atoms with E-state index in [2.05, 4.69) is 42.5 Å². The van der Waals surface area contributed by atoms with Crippen molar-refractivity contribution >= 4 is 77.2 Å². The van der Waals surface area contributed by atoms with Gasteiger partial charge in [0, 0.05) is 13.8 Å². The minimum atomic E-state index is -0.467. The minimum Gasteiger partial charge on any atom is -0.465 e. The number of methoxy groups -OCH3 is 1. The molecule has 0 unspecified atom stereocenters. The molecule has 0 fully saturated rings. The second-order valence-corrected chi connectivity index (χ2v) is 7.85. The van der Waals surface area contributed by atoms with Crippen molar-refractivity contribution < 1.29 is 13.9 Å². The molecule has 4 nitrogen and oxygen atoms in total. The predicted octanol–water partition coefficient (Wildman–Crippen LogP) is 5.32. The molecule has 0 aliphatic rings. The van der Waals surface area contributed by atoms with Crippen LogP contribution in [0.4, 0.5) is 15.1 Å². The summed E-state index contributed by atoms with van der Waals surface area (Å²) in [5.74, 6) is -0.929. The van der Waals surface area contributed by atoms with Crippen LogP contribution >= 0.6 is 55.4 Å². The molecule has 122 valence electrons. The van der Waals surface area contributed by atoms with Gasteiger partial charge in [-0.25, -0.2) is 9.18 Å². The van der Waals surface area contributed by atoms with E-state index in [9.17, 15) is 9.18 Å². The van der Waals surface area contributed by atoms with Crippen LogP contribution in [-0.4, -0.2) is 18.2 Å². The lowest BCUT2D eigenvalue weighted by molar-refractivity contribution is 0.0602. The van der Waals surface area contributed by atoms with Crippen LogP contribution in [0.1, 0.15) is 15.2 Å². The average Bonchev–Trinajstić information content (AvgIpc) is 2.82. The number of nitrogens with one attached hydrogen (secondary N) is 2. The Bertz CT molecular complexity index is 757. The van der Waals surface area contributed by atoms with Crippen molar-refractivity contribution in [3.05, 3.63) is 43.4 Å². The van der Waals surface area contributed by atoms with Crippen molar-refractivity contribution in [2.24, 2.45) is 0 Å². The van der Waals surface area contributed by atoms with Crippen molar-refractivity contribution in [3.8, 4) is 0 Å². The Morgan fingerprint density at radius 2 is 2.00 bits per heavy atom. The maximum atomic E-state index is 14.0. The zero-order chi connectivity index (χ0) is 17.1. The lowest BCUT2D eigenvalue weighted by atomic mass is 10.3. The number of hydrogen-bond donors (Lipinski definition) is 2. The molecule has 0 atom stereocenters. The van der Waals surface area contributed by atoms with Crippen molar-refractivity contribution in [2.45, 2.75) is 6.92 Å². The molecule has 2 rings (SSSR count). The van der Waals surface area contributed by atoms with Gasteiger partial charge in [-0.1, -0.05) is 15.9 Å². The number of halogens is 3. The van der Waals surface area contributed by atoms with E-state index in [1.165, 1.54) is 24.5 Å². The molecule has 0 saturated heterocycles. The highest BCUT2D eigenvalue weighted by molar-refractivity contribution is 9.11. The van der Waals surface area contributed by atoms with E-state index >= 15 is 0 Å². The molecule has 1 aromatic carbocycles. The number of thiophene rings is 1. The molecule has 0 aliphatic heterocycles. The van der Waals surface area contributed by atoms with Crippen molar-refractivity contribution in [2.75, 3.05) is 17.7 Å². The third-order valence-corrected chi connectivity index (χ3v) is 4.99. The van der Waals surface area contributed by atoms with Crippen LogP contribution in [0.3, 0.4) is 0 Å². The van der Waals surface area contributed by atoms with Gasteiger partial charge in [-0.2, -0.15) is 0 Å². The maximum Gasteiger partial charge on any atom is 0.340 e. The van der Waals surface area contributed by atoms with Crippen LogP contribution in [0, 0.1) is 12.7 Å². The van der Waals surface area contributed by atoms with Crippen LogP contribution in [0.5, 0.6) is 0 Å². The van der Waals surface area contributed by atoms with Gasteiger partial charge in [0.1, 0.15) is 10.8 Å². The van der Waals surface area contributed by atoms with Gasteiger partial charge < -0.3 is 15.4 Å². The zero-order valence-electron chi connectivity index (χ0n) is 12.0. The van der Waals surface area contributed by atoms with Crippen molar-refractivity contribution in [1.29, 1.82) is 0 Å². The highest BCUT2D eigenvalue weighted by Gasteiger charge is 2.17. The van der Waals surface area contributed by atoms with E-state index in [1.54, 1.807) is 12.1 Å². The summed E-state index contributed by atoms with van der Waals surface area (Å²) < 4.78 is 19.9. The van der Waals surface area contributed by atoms with Crippen LogP contribution in [0.2, 0.25) is 0 Å². The first-order chi connectivity index (χ1) is 10.8. The first-order valence-electron chi connectivity index (χ1n) is 6.23. The molecular formula is C14H11Br2FN2O2S2. The smallest absolute Gasteiger partial charge is 0.340 e. The number of esters is 1. The number of aryl methyl sites for hydroxylation is 1. The Labute approximate surface area is 158 Å². The number of thiocarbonyl (C=S) groups is 1. The highest BCUT2D eigenvalue weighted by atomic mass is 79.9. The maximum absolute atomic E-state index is 14.0. The fourth-order valence-corrected chi connectivity index (χ4v) is 4.22. The lowest BCUT2D eigenvalue weighted by Crippen LogP contribution is -2.20. The van der Waals surface area contributed by atoms with Gasteiger partial charge in [0.05, 0.1) is 18.4 Å². The van der Waals surface area contributed by atoms with Crippen LogP contribution in [0.25, 0.3) is 0 Å². The van der Waals surface area contributed by atoms with Crippen LogP contribution in [-0.2, 0) is 4.74 Å². The number of rotatable bonds is 3. The van der Waals surface area contributed by atoms with Gasteiger partial charge in [0.15, 0.2) is 5.11 Å². The van der Waals surface area contributed by atoms with E-state index in [4.69, 9.17) is 17.0 Å². The topological polar surface area (TPSA) is 50.4 Å². The van der Waals surface area contributed by atoms with E-state index in [0.717, 1.165) is 4.88 Å². The molecular weight excluding hydrogens is 471 g/mol. The van der Waals surface area contributed by atoms with Gasteiger partial charge in [0.25, 0.3) is 0 Å². The van der Waals surface area contributed by atoms with E-state index < -0.39 is 11.8 Å². The Balaban J connectivity index is 2.20. The Hall–Kier alpha value is -1.03. The fourth-order valence-electron chi connectivity index (χ4n) is 1.78. The van der Waals surface area contributed by atoms with Crippen molar-refractivity contribution in [3.63, 3.8) is 0 Å². The lowest BCUT2D eigenvalue weighted by Gasteiger charge is -2.13. The molecule has 23 heavy (non-hydrogen) atoms. The first kappa shape index (κ1) is 18.3. The summed E-state index contributed by atoms with van der Waals surface area (Å²) in [6, 6.07) is 4.73. The average molecular weight is 482 g/mol. The van der Waals surface area contributed by atoms with Crippen LogP contribution < -0.4 is 10.6 Å². The van der Waals surface area contributed by atoms with Gasteiger partial charge >= 0.3 is 5.97 Å². The second-order valence-electron chi connectivity index (χ2n) is 4.41. The number of carbonyl (C=O) groups excluding carboxylic acids is 1. The number of carbonyl (C=O) groups is 1. The molecule has 0 amide bonds. The summed E-state index contributed by atoms with van der Waals surface area (Å²) in [5.41, 5.74) is 0.591. The number of benzene rings is 1. The molecule has 0 saturated carbocycles. The quantitative estimate of drug-likeness (QED) is 0.459. The SMILES string of the molecule is COC(=O)c1cc(C)sc1NC(=S)Nc1c(F)cc(Br)cc1Br. The molecule has 2 N–H and O–H groups in total. The predicted molar refractivity (Wildman–Crippen MR) is 102 cm³/mol. The van der Waals surface area contributed by atoms with E-state index in [-0.39, 0.29) is 10.8 Å². The number of anilines is 2. The molecule has 9 heteroatoms. The van der Waals surface area contributed by atoms with Gasteiger partial charge in [-0.05, 0) is 53.3 Å². The molecule has 2 aromatic rings. The summed E-state index contributed by atoms with van der Waals surface area (Å²) in [5, 5.41) is 6.39. The molecule has 1 aromatic heterocycles. The minimum absolute atomic E-state index is 0.166. The normalized spacial score (nSPS) is 10.3. The Morgan fingerprint density at radius 3 is 2.61 bits per heavy atom. The fraction of sp³-hybridized carbons (Fsp3) is 0.143. The Morgan fingerprint density at radius 1 is 1.30 bits per heavy atom. The summed E-state index contributed by atoms with van der Waals surface area (Å²) in [7, 11) is 1.31. The van der Waals surface area contributed by atoms with Gasteiger partial charge in [-0.15, -0.1) is 11.3 Å². The molecule has 1 heterocycles. The van der Waals surface area contributed by atoms with Gasteiger partial charge in [-0.3, -0.25) is 0 Å². The molecule has 0 radical (unpaired) electrons. The Kier molecular flexibility index (Phi) is 6.12.